The third-order valence-electron chi connectivity index (χ3n) is 4.99. The molecule has 0 atom stereocenters. The van der Waals surface area contributed by atoms with Gasteiger partial charge in [-0.05, 0) is 35.4 Å². The molecule has 0 aliphatic rings. The first-order chi connectivity index (χ1) is 15.9. The van der Waals surface area contributed by atoms with Gasteiger partial charge in [0.05, 0.1) is 23.0 Å². The van der Waals surface area contributed by atoms with Crippen molar-refractivity contribution in [2.45, 2.75) is 4.90 Å². The van der Waals surface area contributed by atoms with Crippen LogP contribution < -0.4 is 5.73 Å². The van der Waals surface area contributed by atoms with E-state index in [1.807, 2.05) is 30.3 Å². The van der Waals surface area contributed by atoms with Gasteiger partial charge in [-0.2, -0.15) is 18.8 Å². The van der Waals surface area contributed by atoms with Gasteiger partial charge < -0.3 is 5.73 Å². The molecule has 0 aliphatic heterocycles. The van der Waals surface area contributed by atoms with Gasteiger partial charge in [0.15, 0.2) is 0 Å². The van der Waals surface area contributed by atoms with E-state index in [4.69, 9.17) is 5.73 Å². The summed E-state index contributed by atoms with van der Waals surface area (Å²) in [6, 6.07) is 26.4. The van der Waals surface area contributed by atoms with E-state index < -0.39 is 10.1 Å². The number of fused-ring (bicyclic) bond motifs is 1. The van der Waals surface area contributed by atoms with E-state index in [2.05, 4.69) is 16.3 Å². The molecule has 9 heteroatoms. The molecule has 4 aromatic rings. The van der Waals surface area contributed by atoms with Crippen LogP contribution in [0.15, 0.2) is 100 Å². The number of nitriles is 1. The van der Waals surface area contributed by atoms with Crippen LogP contribution in [0.5, 0.6) is 0 Å². The zero-order chi connectivity index (χ0) is 23.4. The van der Waals surface area contributed by atoms with Crippen LogP contribution in [0.25, 0.3) is 22.4 Å². The van der Waals surface area contributed by atoms with Crippen LogP contribution in [0.3, 0.4) is 0 Å². The summed E-state index contributed by atoms with van der Waals surface area (Å²) in [5.74, 6) is 0. The Morgan fingerprint density at radius 2 is 1.53 bits per heavy atom. The summed E-state index contributed by atoms with van der Waals surface area (Å²) in [5.41, 5.74) is 9.23. The molecule has 0 aromatic heterocycles. The third kappa shape index (κ3) is 5.59. The molecule has 4 rings (SSSR count). The number of nitrogen functional groups attached to an aromatic ring is 1. The second-order valence-corrected chi connectivity index (χ2v) is 8.55. The molecule has 0 spiro atoms. The second kappa shape index (κ2) is 10.7. The largest absolute Gasteiger partial charge is 0.396 e. The third-order valence-corrected chi connectivity index (χ3v) is 5.88. The fourth-order valence-electron chi connectivity index (χ4n) is 3.36. The average Bonchev–Trinajstić information content (AvgIpc) is 2.83. The first-order valence-corrected chi connectivity index (χ1v) is 11.3. The SMILES string of the molecule is N#CC(=Cc1ccc(N=Nc2cc(S(=O)(=O)O)c3ccccc3c2N)cc1)c1ccccc1.[Na]. The van der Waals surface area contributed by atoms with Crippen molar-refractivity contribution in [1.29, 1.82) is 5.26 Å². The summed E-state index contributed by atoms with van der Waals surface area (Å²) in [6.07, 6.45) is 1.77. The summed E-state index contributed by atoms with van der Waals surface area (Å²) in [4.78, 5) is -0.285. The Hall–Kier alpha value is -3.32. The van der Waals surface area contributed by atoms with E-state index in [-0.39, 0.29) is 45.8 Å². The molecular formula is C25H18N4NaO3S. The Morgan fingerprint density at radius 3 is 2.15 bits per heavy atom. The van der Waals surface area contributed by atoms with Crippen LogP contribution in [-0.2, 0) is 10.1 Å². The molecule has 4 aromatic carbocycles. The maximum Gasteiger partial charge on any atom is 0.295 e. The number of benzene rings is 4. The monoisotopic (exact) mass is 477 g/mol. The molecule has 0 amide bonds. The molecule has 34 heavy (non-hydrogen) atoms. The van der Waals surface area contributed by atoms with Crippen molar-refractivity contribution >= 4 is 79.2 Å². The van der Waals surface area contributed by atoms with Gasteiger partial charge in [-0.15, -0.1) is 5.11 Å². The number of anilines is 1. The minimum absolute atomic E-state index is 0. The summed E-state index contributed by atoms with van der Waals surface area (Å²) in [5, 5.41) is 18.5. The van der Waals surface area contributed by atoms with Gasteiger partial charge >= 0.3 is 0 Å². The van der Waals surface area contributed by atoms with E-state index >= 15 is 0 Å². The van der Waals surface area contributed by atoms with E-state index in [1.165, 1.54) is 6.07 Å². The molecule has 0 heterocycles. The number of allylic oxidation sites excluding steroid dienone is 1. The maximum absolute atomic E-state index is 11.9. The van der Waals surface area contributed by atoms with Crippen molar-refractivity contribution in [3.05, 3.63) is 96.1 Å². The van der Waals surface area contributed by atoms with Crippen molar-refractivity contribution < 1.29 is 13.0 Å². The zero-order valence-corrected chi connectivity index (χ0v) is 21.1. The molecule has 0 saturated carbocycles. The van der Waals surface area contributed by atoms with Crippen LogP contribution >= 0.6 is 0 Å². The number of nitrogens with two attached hydrogens (primary N) is 1. The Morgan fingerprint density at radius 1 is 0.912 bits per heavy atom. The number of rotatable bonds is 5. The van der Waals surface area contributed by atoms with Crippen LogP contribution in [0.2, 0.25) is 0 Å². The van der Waals surface area contributed by atoms with E-state index in [0.29, 0.717) is 22.0 Å². The van der Waals surface area contributed by atoms with Gasteiger partial charge in [0, 0.05) is 40.3 Å². The van der Waals surface area contributed by atoms with Gasteiger partial charge in [-0.3, -0.25) is 4.55 Å². The summed E-state index contributed by atoms with van der Waals surface area (Å²) < 4.78 is 33.3. The number of nitrogens with zero attached hydrogens (tertiary/aromatic N) is 3. The number of hydrogen-bond acceptors (Lipinski definition) is 6. The molecule has 3 N–H and O–H groups in total. The Kier molecular flexibility index (Phi) is 7.99. The van der Waals surface area contributed by atoms with Crippen molar-refractivity contribution in [3.63, 3.8) is 0 Å². The molecule has 0 aliphatic carbocycles. The minimum Gasteiger partial charge on any atom is -0.396 e. The first kappa shape index (κ1) is 25.3. The van der Waals surface area contributed by atoms with Crippen LogP contribution in [0.1, 0.15) is 11.1 Å². The molecule has 0 unspecified atom stereocenters. The van der Waals surface area contributed by atoms with E-state index in [9.17, 15) is 18.2 Å². The van der Waals surface area contributed by atoms with Crippen LogP contribution in [-0.4, -0.2) is 42.5 Å². The predicted molar refractivity (Wildman–Crippen MR) is 134 cm³/mol. The zero-order valence-electron chi connectivity index (χ0n) is 18.3. The number of hydrogen-bond donors (Lipinski definition) is 2. The Labute approximate surface area is 219 Å². The maximum atomic E-state index is 11.9. The molecule has 0 bridgehead atoms. The summed E-state index contributed by atoms with van der Waals surface area (Å²) in [6.45, 7) is 0. The van der Waals surface area contributed by atoms with Crippen molar-refractivity contribution in [2.75, 3.05) is 5.73 Å². The normalized spacial score (nSPS) is 11.8. The first-order valence-electron chi connectivity index (χ1n) is 9.84. The smallest absolute Gasteiger partial charge is 0.295 e. The van der Waals surface area contributed by atoms with Crippen molar-refractivity contribution in [2.24, 2.45) is 10.2 Å². The minimum atomic E-state index is -4.48. The van der Waals surface area contributed by atoms with Gasteiger partial charge in [0.25, 0.3) is 10.1 Å². The fourth-order valence-corrected chi connectivity index (χ4v) is 4.08. The van der Waals surface area contributed by atoms with Crippen LogP contribution in [0.4, 0.5) is 17.1 Å². The van der Waals surface area contributed by atoms with E-state index in [0.717, 1.165) is 11.1 Å². The van der Waals surface area contributed by atoms with Crippen LogP contribution in [0, 0.1) is 11.3 Å². The fraction of sp³-hybridized carbons (Fsp3) is 0. The summed E-state index contributed by atoms with van der Waals surface area (Å²) >= 11 is 0. The van der Waals surface area contributed by atoms with Crippen molar-refractivity contribution in [1.82, 2.24) is 0 Å². The standard InChI is InChI=1S/C25H18N4O3S.Na/c26-16-19(18-6-2-1-3-7-18)14-17-10-12-20(13-11-17)28-29-23-15-24(33(30,31)32)21-8-4-5-9-22(21)25(23)27;/h1-15H,27H2,(H,30,31,32);. The molecule has 163 valence electrons. The Balaban J connectivity index is 0.00000324. The molecule has 0 fully saturated rings. The predicted octanol–water partition coefficient (Wildman–Crippen LogP) is 5.77. The second-order valence-electron chi connectivity index (χ2n) is 7.16. The van der Waals surface area contributed by atoms with Crippen molar-refractivity contribution in [3.8, 4) is 6.07 Å². The topological polar surface area (TPSA) is 129 Å². The molecule has 1 radical (unpaired) electrons. The Bertz CT molecular complexity index is 1540. The quantitative estimate of drug-likeness (QED) is 0.0942. The van der Waals surface area contributed by atoms with Gasteiger partial charge in [0.2, 0.25) is 0 Å². The number of azo groups is 1. The van der Waals surface area contributed by atoms with Gasteiger partial charge in [-0.25, -0.2) is 0 Å². The molecule has 0 saturated heterocycles. The van der Waals surface area contributed by atoms with E-state index in [1.54, 1.807) is 54.6 Å². The molecule has 7 nitrogen and oxygen atoms in total. The molecular weight excluding hydrogens is 459 g/mol. The average molecular weight is 478 g/mol. The van der Waals surface area contributed by atoms with Gasteiger partial charge in [0.1, 0.15) is 10.6 Å². The van der Waals surface area contributed by atoms with Gasteiger partial charge in [-0.1, -0.05) is 66.7 Å². The summed E-state index contributed by atoms with van der Waals surface area (Å²) in [7, 11) is -4.48.